The van der Waals surface area contributed by atoms with Gasteiger partial charge in [-0.3, -0.25) is 4.79 Å². The van der Waals surface area contributed by atoms with Gasteiger partial charge in [0.25, 0.3) is 5.91 Å². The molecule has 0 atom stereocenters. The Balaban J connectivity index is 2.21. The highest BCUT2D eigenvalue weighted by Crippen LogP contribution is 2.32. The highest BCUT2D eigenvalue weighted by molar-refractivity contribution is 5.97. The first kappa shape index (κ1) is 13.2. The molecule has 0 saturated heterocycles. The summed E-state index contributed by atoms with van der Waals surface area (Å²) < 4.78 is 5.35. The number of nitrogens with zero attached hydrogens (tertiary/aromatic N) is 2. The number of fused-ring (bicyclic) bond motifs is 1. The number of amides is 3. The number of rotatable bonds is 2. The quantitative estimate of drug-likeness (QED) is 0.859. The van der Waals surface area contributed by atoms with Crippen LogP contribution in [0.4, 0.5) is 10.5 Å². The van der Waals surface area contributed by atoms with Crippen LogP contribution in [0.25, 0.3) is 0 Å². The van der Waals surface area contributed by atoms with Gasteiger partial charge < -0.3 is 19.9 Å². The maximum atomic E-state index is 11.6. The van der Waals surface area contributed by atoms with Crippen LogP contribution in [0.5, 0.6) is 5.75 Å². The lowest BCUT2D eigenvalue weighted by molar-refractivity contribution is -0.120. The molecule has 0 aromatic heterocycles. The SMILES string of the molecule is CNC(=O)N(C)Cc1ccc2c(c1)N(C)C(=O)CO2. The summed E-state index contributed by atoms with van der Waals surface area (Å²) in [6.07, 6.45) is 0. The molecule has 2 rings (SSSR count). The normalized spacial score (nSPS) is 13.6. The number of ether oxygens (including phenoxy) is 1. The highest BCUT2D eigenvalue weighted by atomic mass is 16.5. The third kappa shape index (κ3) is 2.62. The number of hydrogen-bond acceptors (Lipinski definition) is 3. The van der Waals surface area contributed by atoms with E-state index in [1.807, 2.05) is 18.2 Å². The van der Waals surface area contributed by atoms with Crippen molar-refractivity contribution in [3.8, 4) is 5.75 Å². The molecular weight excluding hydrogens is 246 g/mol. The Labute approximate surface area is 111 Å². The van der Waals surface area contributed by atoms with Crippen molar-refractivity contribution in [2.24, 2.45) is 0 Å². The average Bonchev–Trinajstić information content (AvgIpc) is 2.42. The van der Waals surface area contributed by atoms with Crippen LogP contribution in [0, 0.1) is 0 Å². The summed E-state index contributed by atoms with van der Waals surface area (Å²) in [6, 6.07) is 5.43. The molecule has 3 amide bonds. The molecule has 0 fully saturated rings. The van der Waals surface area contributed by atoms with Crippen LogP contribution < -0.4 is 15.0 Å². The summed E-state index contributed by atoms with van der Waals surface area (Å²) >= 11 is 0. The monoisotopic (exact) mass is 263 g/mol. The van der Waals surface area contributed by atoms with E-state index >= 15 is 0 Å². The second kappa shape index (κ2) is 5.17. The summed E-state index contributed by atoms with van der Waals surface area (Å²) in [5.74, 6) is 0.609. The average molecular weight is 263 g/mol. The fourth-order valence-corrected chi connectivity index (χ4v) is 1.95. The first-order chi connectivity index (χ1) is 9.02. The predicted octanol–water partition coefficient (Wildman–Crippen LogP) is 0.813. The van der Waals surface area contributed by atoms with Gasteiger partial charge in [0.05, 0.1) is 5.69 Å². The molecule has 19 heavy (non-hydrogen) atoms. The van der Waals surface area contributed by atoms with E-state index in [1.54, 1.807) is 30.9 Å². The Morgan fingerprint density at radius 1 is 1.53 bits per heavy atom. The molecule has 0 radical (unpaired) electrons. The van der Waals surface area contributed by atoms with Crippen molar-refractivity contribution in [1.82, 2.24) is 10.2 Å². The van der Waals surface area contributed by atoms with Crippen LogP contribution in [0.1, 0.15) is 5.56 Å². The van der Waals surface area contributed by atoms with Crippen LogP contribution in [0.3, 0.4) is 0 Å². The summed E-state index contributed by atoms with van der Waals surface area (Å²) in [5.41, 5.74) is 1.68. The number of nitrogens with one attached hydrogen (secondary N) is 1. The molecule has 6 nitrogen and oxygen atoms in total. The number of anilines is 1. The molecule has 0 bridgehead atoms. The van der Waals surface area contributed by atoms with Gasteiger partial charge in [0.2, 0.25) is 0 Å². The van der Waals surface area contributed by atoms with Gasteiger partial charge in [-0.15, -0.1) is 0 Å². The topological polar surface area (TPSA) is 61.9 Å². The van der Waals surface area contributed by atoms with Crippen molar-refractivity contribution in [2.75, 3.05) is 32.6 Å². The number of benzene rings is 1. The zero-order chi connectivity index (χ0) is 14.0. The largest absolute Gasteiger partial charge is 0.482 e. The predicted molar refractivity (Wildman–Crippen MR) is 71.3 cm³/mol. The van der Waals surface area contributed by atoms with Gasteiger partial charge in [-0.1, -0.05) is 6.07 Å². The molecule has 1 aliphatic heterocycles. The lowest BCUT2D eigenvalue weighted by Gasteiger charge is -2.27. The maximum Gasteiger partial charge on any atom is 0.317 e. The van der Waals surface area contributed by atoms with Crippen LogP contribution in [0.15, 0.2) is 18.2 Å². The van der Waals surface area contributed by atoms with Crippen LogP contribution in [0.2, 0.25) is 0 Å². The van der Waals surface area contributed by atoms with E-state index in [-0.39, 0.29) is 18.5 Å². The van der Waals surface area contributed by atoms with E-state index in [4.69, 9.17) is 4.74 Å². The molecule has 0 unspecified atom stereocenters. The second-order valence-corrected chi connectivity index (χ2v) is 4.45. The Hall–Kier alpha value is -2.24. The highest BCUT2D eigenvalue weighted by Gasteiger charge is 2.22. The third-order valence-corrected chi connectivity index (χ3v) is 3.09. The van der Waals surface area contributed by atoms with Gasteiger partial charge in [-0.2, -0.15) is 0 Å². The molecule has 1 aliphatic rings. The number of likely N-dealkylation sites (N-methyl/N-ethyl adjacent to an activating group) is 1. The number of carbonyl (C=O) groups excluding carboxylic acids is 2. The zero-order valence-corrected chi connectivity index (χ0v) is 11.3. The Morgan fingerprint density at radius 3 is 2.95 bits per heavy atom. The van der Waals surface area contributed by atoms with Crippen LogP contribution in [-0.2, 0) is 11.3 Å². The van der Waals surface area contributed by atoms with Gasteiger partial charge in [0.1, 0.15) is 5.75 Å². The van der Waals surface area contributed by atoms with Crippen molar-refractivity contribution in [1.29, 1.82) is 0 Å². The number of urea groups is 1. The minimum Gasteiger partial charge on any atom is -0.482 e. The van der Waals surface area contributed by atoms with E-state index in [0.29, 0.717) is 12.3 Å². The molecule has 0 aliphatic carbocycles. The molecule has 102 valence electrons. The molecule has 6 heteroatoms. The molecule has 1 aromatic rings. The Morgan fingerprint density at radius 2 is 2.26 bits per heavy atom. The van der Waals surface area contributed by atoms with Gasteiger partial charge in [0, 0.05) is 27.7 Å². The van der Waals surface area contributed by atoms with Crippen molar-refractivity contribution in [2.45, 2.75) is 6.54 Å². The van der Waals surface area contributed by atoms with Gasteiger partial charge in [-0.25, -0.2) is 4.79 Å². The van der Waals surface area contributed by atoms with Gasteiger partial charge in [-0.05, 0) is 17.7 Å². The fraction of sp³-hybridized carbons (Fsp3) is 0.385. The van der Waals surface area contributed by atoms with Gasteiger partial charge in [0.15, 0.2) is 6.61 Å². The van der Waals surface area contributed by atoms with Crippen LogP contribution >= 0.6 is 0 Å². The van der Waals surface area contributed by atoms with Crippen molar-refractivity contribution in [3.63, 3.8) is 0 Å². The third-order valence-electron chi connectivity index (χ3n) is 3.09. The Kier molecular flexibility index (Phi) is 3.59. The number of carbonyl (C=O) groups is 2. The van der Waals surface area contributed by atoms with E-state index < -0.39 is 0 Å². The summed E-state index contributed by atoms with van der Waals surface area (Å²) in [4.78, 5) is 26.2. The van der Waals surface area contributed by atoms with Crippen molar-refractivity contribution >= 4 is 17.6 Å². The minimum absolute atomic E-state index is 0.0704. The maximum absolute atomic E-state index is 11.6. The molecule has 1 heterocycles. The molecule has 1 N–H and O–H groups in total. The smallest absolute Gasteiger partial charge is 0.317 e. The lowest BCUT2D eigenvalue weighted by atomic mass is 10.1. The zero-order valence-electron chi connectivity index (χ0n) is 11.3. The molecule has 1 aromatic carbocycles. The summed E-state index contributed by atoms with van der Waals surface area (Å²) in [6.45, 7) is 0.538. The molecule has 0 saturated carbocycles. The minimum atomic E-state index is -0.154. The molecular formula is C13H17N3O3. The lowest BCUT2D eigenvalue weighted by Crippen LogP contribution is -2.36. The first-order valence-corrected chi connectivity index (χ1v) is 5.98. The van der Waals surface area contributed by atoms with Crippen molar-refractivity contribution < 1.29 is 14.3 Å². The number of hydrogen-bond donors (Lipinski definition) is 1. The Bertz CT molecular complexity index is 516. The van der Waals surface area contributed by atoms with Gasteiger partial charge >= 0.3 is 6.03 Å². The van der Waals surface area contributed by atoms with Crippen molar-refractivity contribution in [3.05, 3.63) is 23.8 Å². The second-order valence-electron chi connectivity index (χ2n) is 4.45. The first-order valence-electron chi connectivity index (χ1n) is 5.98. The van der Waals surface area contributed by atoms with E-state index in [2.05, 4.69) is 5.32 Å². The summed E-state index contributed by atoms with van der Waals surface area (Å²) in [7, 11) is 5.02. The summed E-state index contributed by atoms with van der Waals surface area (Å²) in [5, 5.41) is 2.56. The standard InChI is InChI=1S/C13H17N3O3/c1-14-13(18)15(2)7-9-4-5-11-10(6-9)16(3)12(17)8-19-11/h4-6H,7-8H2,1-3H3,(H,14,18). The van der Waals surface area contributed by atoms with E-state index in [0.717, 1.165) is 11.3 Å². The molecule has 0 spiro atoms. The fourth-order valence-electron chi connectivity index (χ4n) is 1.95. The van der Waals surface area contributed by atoms with E-state index in [1.165, 1.54) is 0 Å². The van der Waals surface area contributed by atoms with Crippen LogP contribution in [-0.4, -0.2) is 44.6 Å². The van der Waals surface area contributed by atoms with E-state index in [9.17, 15) is 9.59 Å².